The zero-order valence-electron chi connectivity index (χ0n) is 24.3. The molecule has 212 valence electrons. The van der Waals surface area contributed by atoms with E-state index < -0.39 is 0 Å². The van der Waals surface area contributed by atoms with Crippen LogP contribution in [0.3, 0.4) is 0 Å². The van der Waals surface area contributed by atoms with Crippen molar-refractivity contribution in [3.05, 3.63) is 106 Å². The maximum absolute atomic E-state index is 12.3. The molecule has 8 heteroatoms. The number of carbonyl (C=O) groups excluding carboxylic acids is 1. The van der Waals surface area contributed by atoms with Crippen molar-refractivity contribution in [2.75, 3.05) is 10.2 Å². The Labute approximate surface area is 252 Å². The first kappa shape index (κ1) is 28.8. The fourth-order valence-electron chi connectivity index (χ4n) is 5.74. The van der Waals surface area contributed by atoms with Crippen LogP contribution < -0.4 is 15.5 Å². The van der Waals surface area contributed by atoms with Crippen LogP contribution in [-0.2, 0) is 11.2 Å². The van der Waals surface area contributed by atoms with Crippen LogP contribution in [0.4, 0.5) is 11.4 Å². The van der Waals surface area contributed by atoms with E-state index in [1.54, 1.807) is 0 Å². The minimum atomic E-state index is -0.182. The zero-order chi connectivity index (χ0) is 29.4. The summed E-state index contributed by atoms with van der Waals surface area (Å²) in [6.07, 6.45) is 2.76. The maximum Gasteiger partial charge on any atom is 0.226 e. The zero-order valence-corrected chi connectivity index (χ0v) is 25.9. The minimum absolute atomic E-state index is 0.0822. The highest BCUT2D eigenvalue weighted by Gasteiger charge is 2.42. The monoisotopic (exact) mass is 585 g/mol. The Bertz CT molecular complexity index is 1610. The SMILES string of the molecule is CCc1cccc(C)c1-n1c(C)cc([C@H]2[C@@H](c3ccccn3)NC(=S)N2c2ccc(NC(=O)C(C)C)c(Cl)c2)c1C. The topological polar surface area (TPSA) is 62.2 Å². The van der Waals surface area contributed by atoms with Gasteiger partial charge in [-0.05, 0) is 92.5 Å². The number of para-hydroxylation sites is 1. The molecule has 2 aromatic carbocycles. The number of anilines is 2. The smallest absolute Gasteiger partial charge is 0.226 e. The fourth-order valence-corrected chi connectivity index (χ4v) is 6.31. The number of carbonyl (C=O) groups is 1. The molecule has 0 unspecified atom stereocenters. The van der Waals surface area contributed by atoms with Crippen molar-refractivity contribution in [2.24, 2.45) is 5.92 Å². The van der Waals surface area contributed by atoms with Gasteiger partial charge in [0.1, 0.15) is 0 Å². The number of amides is 1. The van der Waals surface area contributed by atoms with Gasteiger partial charge < -0.3 is 20.1 Å². The molecule has 1 aliphatic heterocycles. The van der Waals surface area contributed by atoms with Crippen molar-refractivity contribution in [1.82, 2.24) is 14.9 Å². The second-order valence-corrected chi connectivity index (χ2v) is 11.7. The standard InChI is InChI=1S/C33H36ClN5OS/c1-7-23-12-10-11-20(4)30(23)38-21(5)17-25(22(38)6)31-29(28-13-8-9-16-35-28)37-33(41)39(31)24-14-15-27(26(34)18-24)36-32(40)19(2)3/h8-19,29,31H,7H2,1-6H3,(H,36,40)(H,37,41)/t29-,31+/m1/s1. The lowest BCUT2D eigenvalue weighted by molar-refractivity contribution is -0.118. The van der Waals surface area contributed by atoms with Crippen molar-refractivity contribution in [2.45, 2.75) is 60.0 Å². The van der Waals surface area contributed by atoms with E-state index in [4.69, 9.17) is 28.8 Å². The van der Waals surface area contributed by atoms with Crippen LogP contribution in [0.25, 0.3) is 5.69 Å². The lowest BCUT2D eigenvalue weighted by Gasteiger charge is -2.29. The molecule has 1 amide bonds. The second kappa shape index (κ2) is 11.7. The van der Waals surface area contributed by atoms with Crippen molar-refractivity contribution in [3.8, 4) is 5.69 Å². The van der Waals surface area contributed by atoms with Crippen molar-refractivity contribution >= 4 is 46.2 Å². The van der Waals surface area contributed by atoms with Gasteiger partial charge >= 0.3 is 0 Å². The Morgan fingerprint density at radius 3 is 2.54 bits per heavy atom. The highest BCUT2D eigenvalue weighted by atomic mass is 35.5. The molecule has 41 heavy (non-hydrogen) atoms. The number of pyridine rings is 1. The van der Waals surface area contributed by atoms with Gasteiger partial charge in [-0.2, -0.15) is 0 Å². The molecule has 2 aromatic heterocycles. The molecule has 2 N–H and O–H groups in total. The molecule has 1 fully saturated rings. The fraction of sp³-hybridized carbons (Fsp3) is 0.303. The number of nitrogens with zero attached hydrogens (tertiary/aromatic N) is 3. The van der Waals surface area contributed by atoms with Crippen LogP contribution in [0.1, 0.15) is 66.6 Å². The Morgan fingerprint density at radius 1 is 1.10 bits per heavy atom. The number of benzene rings is 2. The molecule has 0 saturated carbocycles. The van der Waals surface area contributed by atoms with Gasteiger partial charge in [0, 0.05) is 29.2 Å². The quantitative estimate of drug-likeness (QED) is 0.217. The van der Waals surface area contributed by atoms with Gasteiger partial charge in [0.05, 0.1) is 34.2 Å². The molecule has 0 spiro atoms. The molecular weight excluding hydrogens is 550 g/mol. The van der Waals surface area contributed by atoms with Gasteiger partial charge in [0.2, 0.25) is 5.91 Å². The second-order valence-electron chi connectivity index (χ2n) is 10.9. The summed E-state index contributed by atoms with van der Waals surface area (Å²) < 4.78 is 2.37. The molecule has 0 radical (unpaired) electrons. The summed E-state index contributed by atoms with van der Waals surface area (Å²) in [5.41, 5.74) is 9.57. The summed E-state index contributed by atoms with van der Waals surface area (Å²) in [7, 11) is 0. The van der Waals surface area contributed by atoms with Crippen molar-refractivity contribution in [3.63, 3.8) is 0 Å². The summed E-state index contributed by atoms with van der Waals surface area (Å²) in [4.78, 5) is 19.2. The lowest BCUT2D eigenvalue weighted by atomic mass is 9.96. The highest BCUT2D eigenvalue weighted by Crippen LogP contribution is 2.45. The Morgan fingerprint density at radius 2 is 1.88 bits per heavy atom. The molecule has 0 bridgehead atoms. The maximum atomic E-state index is 12.3. The predicted molar refractivity (Wildman–Crippen MR) is 172 cm³/mol. The number of nitrogens with one attached hydrogen (secondary N) is 2. The predicted octanol–water partition coefficient (Wildman–Crippen LogP) is 7.78. The van der Waals surface area contributed by atoms with Gasteiger partial charge in [-0.3, -0.25) is 9.78 Å². The largest absolute Gasteiger partial charge is 0.351 e. The Balaban J connectivity index is 1.65. The van der Waals surface area contributed by atoms with Crippen molar-refractivity contribution < 1.29 is 4.79 Å². The lowest BCUT2D eigenvalue weighted by Crippen LogP contribution is -2.29. The van der Waals surface area contributed by atoms with E-state index in [0.29, 0.717) is 15.8 Å². The number of hydrogen-bond acceptors (Lipinski definition) is 3. The number of aryl methyl sites for hydroxylation is 3. The molecule has 1 saturated heterocycles. The van der Waals surface area contributed by atoms with Crippen LogP contribution in [0.2, 0.25) is 5.02 Å². The van der Waals surface area contributed by atoms with Crippen LogP contribution in [-0.4, -0.2) is 20.6 Å². The molecule has 5 rings (SSSR count). The minimum Gasteiger partial charge on any atom is -0.351 e. The molecule has 6 nitrogen and oxygen atoms in total. The van der Waals surface area contributed by atoms with Crippen LogP contribution in [0.5, 0.6) is 0 Å². The number of aromatic nitrogens is 2. The van der Waals surface area contributed by atoms with E-state index in [-0.39, 0.29) is 23.9 Å². The number of rotatable bonds is 7. The number of thiocarbonyl (C=S) groups is 1. The molecular formula is C33H36ClN5OS. The molecule has 3 heterocycles. The molecule has 4 aromatic rings. The van der Waals surface area contributed by atoms with E-state index in [0.717, 1.165) is 34.8 Å². The summed E-state index contributed by atoms with van der Waals surface area (Å²) in [5, 5.41) is 7.52. The van der Waals surface area contributed by atoms with Gasteiger partial charge in [0.25, 0.3) is 0 Å². The van der Waals surface area contributed by atoms with Crippen LogP contribution in [0.15, 0.2) is 66.9 Å². The third-order valence-corrected chi connectivity index (χ3v) is 8.45. The third-order valence-electron chi connectivity index (χ3n) is 7.83. The molecule has 1 aliphatic rings. The Hall–Kier alpha value is -3.68. The first-order valence-electron chi connectivity index (χ1n) is 14.0. The summed E-state index contributed by atoms with van der Waals surface area (Å²) in [6, 6.07) is 20.0. The molecule has 0 aliphatic carbocycles. The third kappa shape index (κ3) is 5.36. The van der Waals surface area contributed by atoms with Crippen LogP contribution in [0, 0.1) is 26.7 Å². The summed E-state index contributed by atoms with van der Waals surface area (Å²) >= 11 is 12.7. The summed E-state index contributed by atoms with van der Waals surface area (Å²) in [5.74, 6) is -0.234. The van der Waals surface area contributed by atoms with E-state index in [1.165, 1.54) is 16.8 Å². The average Bonchev–Trinajstić information content (AvgIpc) is 3.44. The highest BCUT2D eigenvalue weighted by molar-refractivity contribution is 7.80. The Kier molecular flexibility index (Phi) is 8.20. The van der Waals surface area contributed by atoms with Gasteiger partial charge in [0.15, 0.2) is 5.11 Å². The van der Waals surface area contributed by atoms with Crippen LogP contribution >= 0.6 is 23.8 Å². The molecule has 2 atom stereocenters. The average molecular weight is 586 g/mol. The normalized spacial score (nSPS) is 16.8. The number of halogens is 1. The van der Waals surface area contributed by atoms with Gasteiger partial charge in [-0.25, -0.2) is 0 Å². The first-order chi connectivity index (χ1) is 19.6. The summed E-state index contributed by atoms with van der Waals surface area (Å²) in [6.45, 7) is 12.4. The van der Waals surface area contributed by atoms with Gasteiger partial charge in [-0.1, -0.05) is 56.6 Å². The van der Waals surface area contributed by atoms with E-state index in [2.05, 4.69) is 72.1 Å². The van der Waals surface area contributed by atoms with E-state index >= 15 is 0 Å². The van der Waals surface area contributed by atoms with Gasteiger partial charge in [-0.15, -0.1) is 0 Å². The number of hydrogen-bond donors (Lipinski definition) is 2. The van der Waals surface area contributed by atoms with Crippen molar-refractivity contribution in [1.29, 1.82) is 0 Å². The van der Waals surface area contributed by atoms with E-state index in [1.807, 2.05) is 56.4 Å². The van der Waals surface area contributed by atoms with E-state index in [9.17, 15) is 4.79 Å². The first-order valence-corrected chi connectivity index (χ1v) is 14.8.